The van der Waals surface area contributed by atoms with Gasteiger partial charge in [-0.3, -0.25) is 9.89 Å². The number of aldehydes is 1. The van der Waals surface area contributed by atoms with Crippen molar-refractivity contribution in [1.82, 2.24) is 15.2 Å². The number of nitrogens with zero attached hydrogens (tertiary/aromatic N) is 3. The molecule has 164 valence electrons. The number of amidine groups is 1. The number of ether oxygens (including phenoxy) is 2. The number of rotatable bonds is 9. The zero-order valence-corrected chi connectivity index (χ0v) is 17.4. The number of nitrogens with one attached hydrogen (secondary N) is 1. The van der Waals surface area contributed by atoms with Crippen LogP contribution in [-0.2, 0) is 19.1 Å². The molecule has 1 fully saturated rings. The van der Waals surface area contributed by atoms with E-state index >= 15 is 0 Å². The molecule has 3 rings (SSSR count). The number of carbonyl (C=O) groups excluding carboxylic acids is 2. The second-order valence-corrected chi connectivity index (χ2v) is 7.86. The predicted octanol–water partition coefficient (Wildman–Crippen LogP) is 1.63. The standard InChI is InChI=1S/C19H24F2N4O4S/c1-2-29-18(27)14-9-23-16(17-22-5-8-30-17)24-15(14)10-25-12-19(20,21)4-3-13(25)11-28-7-6-26/h5-6,8,13H,2-4,7,9-12H2,1H3,(H,23,24). The lowest BCUT2D eigenvalue weighted by molar-refractivity contribution is -0.138. The highest BCUT2D eigenvalue weighted by atomic mass is 32.1. The zero-order valence-electron chi connectivity index (χ0n) is 16.6. The summed E-state index contributed by atoms with van der Waals surface area (Å²) in [5, 5.41) is 5.55. The third-order valence-corrected chi connectivity index (χ3v) is 5.62. The van der Waals surface area contributed by atoms with E-state index in [0.717, 1.165) is 0 Å². The molecule has 8 nitrogen and oxygen atoms in total. The van der Waals surface area contributed by atoms with Crippen LogP contribution in [0.25, 0.3) is 0 Å². The molecule has 0 aromatic carbocycles. The van der Waals surface area contributed by atoms with Crippen molar-refractivity contribution in [1.29, 1.82) is 0 Å². The van der Waals surface area contributed by atoms with Gasteiger partial charge in [-0.25, -0.2) is 18.6 Å². The quantitative estimate of drug-likeness (QED) is 0.353. The highest BCUT2D eigenvalue weighted by Gasteiger charge is 2.41. The summed E-state index contributed by atoms with van der Waals surface area (Å²) in [7, 11) is 0. The number of carbonyl (C=O) groups is 2. The smallest absolute Gasteiger partial charge is 0.337 e. The average Bonchev–Trinajstić information content (AvgIpc) is 3.24. The van der Waals surface area contributed by atoms with Gasteiger partial charge in [0, 0.05) is 36.3 Å². The van der Waals surface area contributed by atoms with Crippen molar-refractivity contribution in [2.24, 2.45) is 4.99 Å². The molecule has 0 saturated carbocycles. The van der Waals surface area contributed by atoms with Crippen LogP contribution in [0.15, 0.2) is 27.8 Å². The van der Waals surface area contributed by atoms with Crippen LogP contribution in [0.1, 0.15) is 24.8 Å². The SMILES string of the molecule is CCOC(=O)C1=C(CN2CC(F)(F)CCC2COCC=O)NC(c2nccs2)=NC1. The van der Waals surface area contributed by atoms with Crippen molar-refractivity contribution < 1.29 is 27.8 Å². The lowest BCUT2D eigenvalue weighted by Crippen LogP contribution is -2.52. The summed E-state index contributed by atoms with van der Waals surface area (Å²) in [5.41, 5.74) is 0.769. The number of piperidine rings is 1. The van der Waals surface area contributed by atoms with Gasteiger partial charge >= 0.3 is 5.97 Å². The Balaban J connectivity index is 1.82. The van der Waals surface area contributed by atoms with E-state index in [9.17, 15) is 18.4 Å². The van der Waals surface area contributed by atoms with Gasteiger partial charge in [-0.05, 0) is 13.3 Å². The first-order valence-corrected chi connectivity index (χ1v) is 10.5. The summed E-state index contributed by atoms with van der Waals surface area (Å²) >= 11 is 1.38. The normalized spacial score (nSPS) is 21.7. The van der Waals surface area contributed by atoms with Gasteiger partial charge < -0.3 is 19.6 Å². The van der Waals surface area contributed by atoms with Crippen LogP contribution in [0.3, 0.4) is 0 Å². The number of likely N-dealkylation sites (tertiary alicyclic amines) is 1. The molecular weight excluding hydrogens is 418 g/mol. The van der Waals surface area contributed by atoms with E-state index in [2.05, 4.69) is 15.3 Å². The van der Waals surface area contributed by atoms with Crippen molar-refractivity contribution in [3.8, 4) is 0 Å². The molecule has 0 spiro atoms. The fourth-order valence-corrected chi connectivity index (χ4v) is 4.01. The van der Waals surface area contributed by atoms with E-state index in [0.29, 0.717) is 28.4 Å². The van der Waals surface area contributed by atoms with Crippen LogP contribution < -0.4 is 5.32 Å². The molecule has 1 atom stereocenters. The third-order valence-electron chi connectivity index (χ3n) is 4.84. The molecule has 1 aromatic rings. The molecule has 1 saturated heterocycles. The van der Waals surface area contributed by atoms with E-state index in [4.69, 9.17) is 9.47 Å². The van der Waals surface area contributed by atoms with Gasteiger partial charge in [0.1, 0.15) is 12.9 Å². The second-order valence-electron chi connectivity index (χ2n) is 6.96. The first-order valence-electron chi connectivity index (χ1n) is 9.67. The Labute approximate surface area is 177 Å². The first-order chi connectivity index (χ1) is 14.4. The number of hydrogen-bond acceptors (Lipinski definition) is 9. The van der Waals surface area contributed by atoms with Crippen LogP contribution in [0.2, 0.25) is 0 Å². The monoisotopic (exact) mass is 442 g/mol. The van der Waals surface area contributed by atoms with Gasteiger partial charge in [-0.15, -0.1) is 11.3 Å². The maximum atomic E-state index is 14.1. The summed E-state index contributed by atoms with van der Waals surface area (Å²) in [5.74, 6) is -2.88. The van der Waals surface area contributed by atoms with Crippen LogP contribution >= 0.6 is 11.3 Å². The molecule has 0 aliphatic carbocycles. The number of alkyl halides is 2. The molecular formula is C19H24F2N4O4S. The van der Waals surface area contributed by atoms with Crippen molar-refractivity contribution in [3.63, 3.8) is 0 Å². The first kappa shape index (κ1) is 22.4. The summed E-state index contributed by atoms with van der Waals surface area (Å²) in [4.78, 5) is 33.1. The highest BCUT2D eigenvalue weighted by Crippen LogP contribution is 2.31. The summed E-state index contributed by atoms with van der Waals surface area (Å²) < 4.78 is 38.7. The molecule has 0 bridgehead atoms. The minimum atomic E-state index is -2.84. The van der Waals surface area contributed by atoms with Crippen molar-refractivity contribution in [2.75, 3.05) is 39.5 Å². The largest absolute Gasteiger partial charge is 0.463 e. The summed E-state index contributed by atoms with van der Waals surface area (Å²) in [6.45, 7) is 1.65. The molecule has 1 aromatic heterocycles. The van der Waals surface area contributed by atoms with Crippen LogP contribution in [0.4, 0.5) is 8.78 Å². The molecule has 1 unspecified atom stereocenters. The molecule has 3 heterocycles. The lowest BCUT2D eigenvalue weighted by Gasteiger charge is -2.40. The Kier molecular flexibility index (Phi) is 7.62. The van der Waals surface area contributed by atoms with Gasteiger partial charge in [-0.2, -0.15) is 0 Å². The second kappa shape index (κ2) is 10.2. The van der Waals surface area contributed by atoms with E-state index in [1.807, 2.05) is 0 Å². The number of thiazole rings is 1. The number of hydrogen-bond donors (Lipinski definition) is 1. The fraction of sp³-hybridized carbons (Fsp3) is 0.579. The van der Waals surface area contributed by atoms with E-state index in [1.54, 1.807) is 23.4 Å². The number of aromatic nitrogens is 1. The maximum Gasteiger partial charge on any atom is 0.337 e. The van der Waals surface area contributed by atoms with Crippen LogP contribution in [0, 0.1) is 0 Å². The Bertz CT molecular complexity index is 813. The minimum Gasteiger partial charge on any atom is -0.463 e. The molecule has 2 aliphatic rings. The van der Waals surface area contributed by atoms with Gasteiger partial charge in [0.2, 0.25) is 0 Å². The third kappa shape index (κ3) is 5.67. The van der Waals surface area contributed by atoms with Crippen LogP contribution in [0.5, 0.6) is 0 Å². The summed E-state index contributed by atoms with van der Waals surface area (Å²) in [6, 6.07) is -0.301. The Morgan fingerprint density at radius 3 is 3.03 bits per heavy atom. The predicted molar refractivity (Wildman–Crippen MR) is 107 cm³/mol. The molecule has 2 aliphatic heterocycles. The molecule has 11 heteroatoms. The zero-order chi connectivity index (χ0) is 21.6. The van der Waals surface area contributed by atoms with Crippen molar-refractivity contribution in [3.05, 3.63) is 27.9 Å². The Hall–Kier alpha value is -2.24. The van der Waals surface area contributed by atoms with E-state index in [-0.39, 0.29) is 51.8 Å². The molecule has 30 heavy (non-hydrogen) atoms. The average molecular weight is 442 g/mol. The van der Waals surface area contributed by atoms with E-state index in [1.165, 1.54) is 11.3 Å². The molecule has 0 radical (unpaired) electrons. The topological polar surface area (TPSA) is 93.1 Å². The molecule has 0 amide bonds. The van der Waals surface area contributed by atoms with Gasteiger partial charge in [0.15, 0.2) is 10.8 Å². The van der Waals surface area contributed by atoms with Gasteiger partial charge in [-0.1, -0.05) is 0 Å². The van der Waals surface area contributed by atoms with Crippen LogP contribution in [-0.4, -0.2) is 79.4 Å². The number of aliphatic imine (C=N–C) groups is 1. The number of halogens is 2. The number of esters is 1. The maximum absolute atomic E-state index is 14.1. The fourth-order valence-electron chi connectivity index (χ4n) is 3.41. The van der Waals surface area contributed by atoms with Crippen molar-refractivity contribution >= 4 is 29.4 Å². The summed E-state index contributed by atoms with van der Waals surface area (Å²) in [6.07, 6.45) is 2.24. The van der Waals surface area contributed by atoms with E-state index < -0.39 is 18.4 Å². The minimum absolute atomic E-state index is 0.0727. The molecule has 1 N–H and O–H groups in total. The Morgan fingerprint density at radius 1 is 1.50 bits per heavy atom. The van der Waals surface area contributed by atoms with Gasteiger partial charge in [0.25, 0.3) is 5.92 Å². The van der Waals surface area contributed by atoms with Crippen molar-refractivity contribution in [2.45, 2.75) is 31.7 Å². The van der Waals surface area contributed by atoms with Gasteiger partial charge in [0.05, 0.1) is 31.9 Å². The Morgan fingerprint density at radius 2 is 2.33 bits per heavy atom. The lowest BCUT2D eigenvalue weighted by atomic mass is 9.99. The highest BCUT2D eigenvalue weighted by molar-refractivity contribution is 7.11.